The lowest BCUT2D eigenvalue weighted by atomic mass is 9.90. The highest BCUT2D eigenvalue weighted by Gasteiger charge is 2.15. The van der Waals surface area contributed by atoms with Crippen molar-refractivity contribution in [3.05, 3.63) is 77.3 Å². The summed E-state index contributed by atoms with van der Waals surface area (Å²) in [6.45, 7) is 1.86. The fourth-order valence-electron chi connectivity index (χ4n) is 4.93. The lowest BCUT2D eigenvalue weighted by Gasteiger charge is -2.22. The fraction of sp³-hybridized carbons (Fsp3) is 0.241. The van der Waals surface area contributed by atoms with E-state index in [-0.39, 0.29) is 6.29 Å². The zero-order chi connectivity index (χ0) is 22.2. The summed E-state index contributed by atoms with van der Waals surface area (Å²) in [7, 11) is 0. The van der Waals surface area contributed by atoms with Crippen LogP contribution in [0.15, 0.2) is 77.3 Å². The van der Waals surface area contributed by atoms with Crippen LogP contribution in [-0.4, -0.2) is 26.1 Å². The van der Waals surface area contributed by atoms with Crippen LogP contribution in [0.3, 0.4) is 0 Å². The van der Waals surface area contributed by atoms with Crippen LogP contribution in [0.5, 0.6) is 5.75 Å². The van der Waals surface area contributed by atoms with E-state index in [9.17, 15) is 0 Å². The van der Waals surface area contributed by atoms with E-state index in [1.807, 2.05) is 12.1 Å². The highest BCUT2D eigenvalue weighted by Crippen LogP contribution is 2.41. The van der Waals surface area contributed by atoms with E-state index in [0.29, 0.717) is 13.2 Å². The lowest BCUT2D eigenvalue weighted by molar-refractivity contribution is -0.165. The molecular formula is C29H25BrO3. The van der Waals surface area contributed by atoms with Gasteiger partial charge in [0.1, 0.15) is 12.4 Å². The fourth-order valence-corrected chi connectivity index (χ4v) is 5.39. The first-order valence-electron chi connectivity index (χ1n) is 11.6. The van der Waals surface area contributed by atoms with Crippen LogP contribution in [0.25, 0.3) is 43.4 Å². The van der Waals surface area contributed by atoms with Gasteiger partial charge in [-0.3, -0.25) is 0 Å². The van der Waals surface area contributed by atoms with Crippen LogP contribution in [0.2, 0.25) is 0 Å². The largest absolute Gasteiger partial charge is 0.491 e. The molecule has 0 spiro atoms. The number of rotatable bonds is 6. The van der Waals surface area contributed by atoms with Gasteiger partial charge in [0, 0.05) is 11.1 Å². The van der Waals surface area contributed by atoms with Gasteiger partial charge in [-0.1, -0.05) is 70.5 Å². The quantitative estimate of drug-likeness (QED) is 0.175. The SMILES string of the molecule is Brc1ccc2ccc3c(-c4ccc(OCCOC5CCCCO5)cc4)ccc4ccc1c2c43. The van der Waals surface area contributed by atoms with Gasteiger partial charge in [0.25, 0.3) is 0 Å². The van der Waals surface area contributed by atoms with Crippen molar-refractivity contribution in [1.82, 2.24) is 0 Å². The predicted octanol–water partition coefficient (Wildman–Crippen LogP) is 7.94. The molecule has 0 N–H and O–H groups in total. The average Bonchev–Trinajstić information content (AvgIpc) is 2.87. The zero-order valence-electron chi connectivity index (χ0n) is 18.4. The molecule has 0 aliphatic carbocycles. The van der Waals surface area contributed by atoms with E-state index >= 15 is 0 Å². The molecule has 1 saturated heterocycles. The summed E-state index contributed by atoms with van der Waals surface area (Å²) in [5, 5.41) is 7.72. The van der Waals surface area contributed by atoms with E-state index in [0.717, 1.165) is 29.7 Å². The van der Waals surface area contributed by atoms with Crippen LogP contribution in [0.1, 0.15) is 19.3 Å². The van der Waals surface area contributed by atoms with Crippen molar-refractivity contribution < 1.29 is 14.2 Å². The van der Waals surface area contributed by atoms with E-state index < -0.39 is 0 Å². The first-order valence-corrected chi connectivity index (χ1v) is 12.4. The van der Waals surface area contributed by atoms with Gasteiger partial charge < -0.3 is 14.2 Å². The van der Waals surface area contributed by atoms with Crippen LogP contribution >= 0.6 is 15.9 Å². The molecule has 1 aliphatic heterocycles. The smallest absolute Gasteiger partial charge is 0.157 e. The molecule has 0 saturated carbocycles. The summed E-state index contributed by atoms with van der Waals surface area (Å²) >= 11 is 3.73. The first kappa shape index (κ1) is 20.9. The Morgan fingerprint density at radius 2 is 1.48 bits per heavy atom. The highest BCUT2D eigenvalue weighted by molar-refractivity contribution is 9.10. The third-order valence-corrected chi connectivity index (χ3v) is 7.26. The van der Waals surface area contributed by atoms with Gasteiger partial charge in [-0.25, -0.2) is 0 Å². The van der Waals surface area contributed by atoms with E-state index in [2.05, 4.69) is 76.6 Å². The normalized spacial score (nSPS) is 16.7. The molecule has 3 nitrogen and oxygen atoms in total. The summed E-state index contributed by atoms with van der Waals surface area (Å²) in [6.07, 6.45) is 3.21. The molecule has 1 heterocycles. The minimum Gasteiger partial charge on any atom is -0.491 e. The Kier molecular flexibility index (Phi) is 5.67. The minimum absolute atomic E-state index is 0.0696. The van der Waals surface area contributed by atoms with Gasteiger partial charge in [-0.15, -0.1) is 0 Å². The minimum atomic E-state index is -0.0696. The second kappa shape index (κ2) is 8.94. The highest BCUT2D eigenvalue weighted by atomic mass is 79.9. The summed E-state index contributed by atoms with van der Waals surface area (Å²) in [4.78, 5) is 0. The number of benzene rings is 5. The van der Waals surface area contributed by atoms with E-state index in [1.54, 1.807) is 0 Å². The Hall–Kier alpha value is -2.66. The summed E-state index contributed by atoms with van der Waals surface area (Å²) in [5.41, 5.74) is 2.42. The lowest BCUT2D eigenvalue weighted by Crippen LogP contribution is -2.24. The molecule has 1 atom stereocenters. The molecule has 0 radical (unpaired) electrons. The van der Waals surface area contributed by atoms with Crippen LogP contribution in [0.4, 0.5) is 0 Å². The Labute approximate surface area is 201 Å². The van der Waals surface area contributed by atoms with Crippen LogP contribution in [0, 0.1) is 0 Å². The Bertz CT molecular complexity index is 1400. The van der Waals surface area contributed by atoms with Crippen LogP contribution < -0.4 is 4.74 Å². The molecule has 0 bridgehead atoms. The van der Waals surface area contributed by atoms with Gasteiger partial charge in [0.2, 0.25) is 0 Å². The van der Waals surface area contributed by atoms with Gasteiger partial charge in [0.15, 0.2) is 6.29 Å². The number of ether oxygens (including phenoxy) is 3. The molecule has 5 aromatic carbocycles. The van der Waals surface area contributed by atoms with Gasteiger partial charge >= 0.3 is 0 Å². The van der Waals surface area contributed by atoms with E-state index in [4.69, 9.17) is 14.2 Å². The third-order valence-electron chi connectivity index (χ3n) is 6.57. The molecule has 0 aromatic heterocycles. The van der Waals surface area contributed by atoms with Crippen molar-refractivity contribution in [2.75, 3.05) is 19.8 Å². The zero-order valence-corrected chi connectivity index (χ0v) is 19.9. The van der Waals surface area contributed by atoms with Crippen molar-refractivity contribution in [2.45, 2.75) is 25.6 Å². The standard InChI is InChI=1S/C29H25BrO3/c30-26-15-9-21-7-13-24-23(12-6-20-8-14-25(26)29(21)28(20)24)19-4-10-22(11-5-19)31-17-18-33-27-3-1-2-16-32-27/h4-15,27H,1-3,16-18H2. The summed E-state index contributed by atoms with van der Waals surface area (Å²) in [6, 6.07) is 26.1. The van der Waals surface area contributed by atoms with Crippen molar-refractivity contribution in [3.63, 3.8) is 0 Å². The molecular weight excluding hydrogens is 476 g/mol. The number of hydrogen-bond donors (Lipinski definition) is 0. The number of halogens is 1. The Morgan fingerprint density at radius 1 is 0.758 bits per heavy atom. The van der Waals surface area contributed by atoms with Crippen molar-refractivity contribution >= 4 is 48.2 Å². The first-order chi connectivity index (χ1) is 16.3. The Morgan fingerprint density at radius 3 is 2.27 bits per heavy atom. The summed E-state index contributed by atoms with van der Waals surface area (Å²) in [5.74, 6) is 0.855. The molecule has 1 unspecified atom stereocenters. The van der Waals surface area contributed by atoms with Gasteiger partial charge in [-0.05, 0) is 80.9 Å². The van der Waals surface area contributed by atoms with Crippen molar-refractivity contribution in [2.24, 2.45) is 0 Å². The summed E-state index contributed by atoms with van der Waals surface area (Å²) < 4.78 is 18.4. The Balaban J connectivity index is 1.25. The third kappa shape index (κ3) is 3.97. The molecule has 4 heteroatoms. The van der Waals surface area contributed by atoms with Gasteiger partial charge in [0.05, 0.1) is 6.61 Å². The molecule has 0 amide bonds. The monoisotopic (exact) mass is 500 g/mol. The topological polar surface area (TPSA) is 27.7 Å². The average molecular weight is 501 g/mol. The molecule has 33 heavy (non-hydrogen) atoms. The maximum Gasteiger partial charge on any atom is 0.157 e. The number of hydrogen-bond acceptors (Lipinski definition) is 3. The second-order valence-corrected chi connectivity index (χ2v) is 9.48. The molecule has 1 aliphatic rings. The van der Waals surface area contributed by atoms with E-state index in [1.165, 1.54) is 49.9 Å². The van der Waals surface area contributed by atoms with Gasteiger partial charge in [-0.2, -0.15) is 0 Å². The molecule has 6 rings (SSSR count). The molecule has 1 fully saturated rings. The van der Waals surface area contributed by atoms with Crippen molar-refractivity contribution in [1.29, 1.82) is 0 Å². The molecule has 5 aromatic rings. The molecule has 166 valence electrons. The van der Waals surface area contributed by atoms with Crippen LogP contribution in [-0.2, 0) is 9.47 Å². The maximum atomic E-state index is 5.90. The second-order valence-electron chi connectivity index (χ2n) is 8.62. The maximum absolute atomic E-state index is 5.90. The predicted molar refractivity (Wildman–Crippen MR) is 138 cm³/mol. The van der Waals surface area contributed by atoms with Crippen molar-refractivity contribution in [3.8, 4) is 16.9 Å².